The van der Waals surface area contributed by atoms with Gasteiger partial charge >= 0.3 is 0 Å². The number of carbonyl (C=O) groups is 1. The first-order valence-corrected chi connectivity index (χ1v) is 6.96. The van der Waals surface area contributed by atoms with Crippen LogP contribution in [0.15, 0.2) is 18.2 Å². The van der Waals surface area contributed by atoms with E-state index in [0.717, 1.165) is 17.5 Å². The molecule has 1 aromatic heterocycles. The van der Waals surface area contributed by atoms with E-state index in [2.05, 4.69) is 29.4 Å². The topological polar surface area (TPSA) is 80.9 Å². The van der Waals surface area contributed by atoms with Crippen LogP contribution in [0.5, 0.6) is 0 Å². The predicted molar refractivity (Wildman–Crippen MR) is 77.2 cm³/mol. The Morgan fingerprint density at radius 3 is 2.90 bits per heavy atom. The summed E-state index contributed by atoms with van der Waals surface area (Å²) in [6.45, 7) is 4.15. The fraction of sp³-hybridized carbons (Fsp3) is 0.308. The average Bonchev–Trinajstić information content (AvgIpc) is 2.78. The minimum atomic E-state index is -0.512. The average molecular weight is 294 g/mol. The van der Waals surface area contributed by atoms with Crippen LogP contribution in [-0.2, 0) is 6.42 Å². The minimum Gasteiger partial charge on any atom is -0.398 e. The molecule has 2 aromatic rings. The Balaban J connectivity index is 2.11. The standard InChI is InChI=1S/C13H15FN4OS/c1-7(2)5-11-17-18-13(20-11)16-12(19)9-6-8(14)3-4-10(9)15/h3-4,6-7H,5,15H2,1-2H3,(H,16,18,19). The maximum atomic E-state index is 13.1. The number of amides is 1. The van der Waals surface area contributed by atoms with E-state index in [9.17, 15) is 9.18 Å². The van der Waals surface area contributed by atoms with E-state index in [4.69, 9.17) is 5.73 Å². The number of nitrogens with one attached hydrogen (secondary N) is 1. The van der Waals surface area contributed by atoms with Crippen LogP contribution in [0.25, 0.3) is 0 Å². The van der Waals surface area contributed by atoms with Crippen molar-refractivity contribution < 1.29 is 9.18 Å². The molecule has 7 heteroatoms. The van der Waals surface area contributed by atoms with Crippen molar-refractivity contribution in [1.82, 2.24) is 10.2 Å². The summed E-state index contributed by atoms with van der Waals surface area (Å²) in [6, 6.07) is 3.66. The molecular formula is C13H15FN4OS. The van der Waals surface area contributed by atoms with Crippen LogP contribution >= 0.6 is 11.3 Å². The Bertz CT molecular complexity index is 627. The summed E-state index contributed by atoms with van der Waals surface area (Å²) in [5, 5.41) is 11.7. The van der Waals surface area contributed by atoms with Crippen molar-refractivity contribution in [3.05, 3.63) is 34.6 Å². The smallest absolute Gasteiger partial charge is 0.259 e. The molecule has 20 heavy (non-hydrogen) atoms. The van der Waals surface area contributed by atoms with Crippen molar-refractivity contribution >= 4 is 28.1 Å². The molecule has 0 unspecified atom stereocenters. The summed E-state index contributed by atoms with van der Waals surface area (Å²) in [7, 11) is 0. The van der Waals surface area contributed by atoms with Crippen molar-refractivity contribution in [1.29, 1.82) is 0 Å². The van der Waals surface area contributed by atoms with Crippen LogP contribution < -0.4 is 11.1 Å². The van der Waals surface area contributed by atoms with Crippen LogP contribution in [0, 0.1) is 11.7 Å². The molecule has 0 saturated carbocycles. The van der Waals surface area contributed by atoms with E-state index in [1.165, 1.54) is 23.5 Å². The number of benzene rings is 1. The van der Waals surface area contributed by atoms with Crippen molar-refractivity contribution in [2.24, 2.45) is 5.92 Å². The third-order valence-corrected chi connectivity index (χ3v) is 3.39. The van der Waals surface area contributed by atoms with Crippen LogP contribution in [0.4, 0.5) is 15.2 Å². The number of hydrogen-bond acceptors (Lipinski definition) is 5. The number of nitrogen functional groups attached to an aromatic ring is 1. The highest BCUT2D eigenvalue weighted by Crippen LogP contribution is 2.20. The molecule has 106 valence electrons. The lowest BCUT2D eigenvalue weighted by Crippen LogP contribution is -2.14. The Hall–Kier alpha value is -2.02. The Labute approximate surface area is 120 Å². The van der Waals surface area contributed by atoms with E-state index < -0.39 is 11.7 Å². The number of aromatic nitrogens is 2. The van der Waals surface area contributed by atoms with E-state index in [-0.39, 0.29) is 11.3 Å². The number of hydrogen-bond donors (Lipinski definition) is 2. The van der Waals surface area contributed by atoms with Crippen LogP contribution in [-0.4, -0.2) is 16.1 Å². The minimum absolute atomic E-state index is 0.0885. The first-order chi connectivity index (χ1) is 9.45. The van der Waals surface area contributed by atoms with Gasteiger partial charge in [0.25, 0.3) is 5.91 Å². The molecule has 0 radical (unpaired) electrons. The van der Waals surface area contributed by atoms with Gasteiger partial charge in [0, 0.05) is 12.1 Å². The van der Waals surface area contributed by atoms with Gasteiger partial charge in [-0.15, -0.1) is 10.2 Å². The van der Waals surface area contributed by atoms with E-state index in [1.54, 1.807) is 0 Å². The molecule has 2 rings (SSSR count). The molecule has 0 aliphatic carbocycles. The van der Waals surface area contributed by atoms with Gasteiger partial charge in [-0.2, -0.15) is 0 Å². The number of carbonyl (C=O) groups excluding carboxylic acids is 1. The second kappa shape index (κ2) is 5.96. The number of nitrogens with zero attached hydrogens (tertiary/aromatic N) is 2. The Kier molecular flexibility index (Phi) is 4.29. The molecule has 1 aromatic carbocycles. The Morgan fingerprint density at radius 1 is 1.45 bits per heavy atom. The van der Waals surface area contributed by atoms with Gasteiger partial charge in [-0.3, -0.25) is 10.1 Å². The summed E-state index contributed by atoms with van der Waals surface area (Å²) in [6.07, 6.45) is 0.801. The SMILES string of the molecule is CC(C)Cc1nnc(NC(=O)c2cc(F)ccc2N)s1. The quantitative estimate of drug-likeness (QED) is 0.850. The van der Waals surface area contributed by atoms with Gasteiger partial charge < -0.3 is 5.73 Å². The fourth-order valence-corrected chi connectivity index (χ4v) is 2.57. The highest BCUT2D eigenvalue weighted by molar-refractivity contribution is 7.15. The van der Waals surface area contributed by atoms with Crippen molar-refractivity contribution in [3.8, 4) is 0 Å². The number of nitrogens with two attached hydrogens (primary N) is 1. The molecule has 0 bridgehead atoms. The monoisotopic (exact) mass is 294 g/mol. The summed E-state index contributed by atoms with van der Waals surface area (Å²) in [4.78, 5) is 12.0. The van der Waals surface area contributed by atoms with Crippen molar-refractivity contribution in [3.63, 3.8) is 0 Å². The van der Waals surface area contributed by atoms with Gasteiger partial charge in [-0.05, 0) is 24.1 Å². The molecular weight excluding hydrogens is 279 g/mol. The zero-order valence-corrected chi connectivity index (χ0v) is 12.0. The van der Waals surface area contributed by atoms with Crippen LogP contribution in [0.2, 0.25) is 0 Å². The largest absolute Gasteiger partial charge is 0.398 e. The van der Waals surface area contributed by atoms with Gasteiger partial charge in [-0.1, -0.05) is 25.2 Å². The molecule has 0 atom stereocenters. The van der Waals surface area contributed by atoms with Crippen LogP contribution in [0.1, 0.15) is 29.2 Å². The molecule has 0 spiro atoms. The summed E-state index contributed by atoms with van der Waals surface area (Å²) in [5.41, 5.74) is 5.96. The lowest BCUT2D eigenvalue weighted by Gasteiger charge is -2.04. The molecule has 0 fully saturated rings. The van der Waals surface area contributed by atoms with Crippen molar-refractivity contribution in [2.75, 3.05) is 11.1 Å². The zero-order chi connectivity index (χ0) is 14.7. The van der Waals surface area contributed by atoms with Gasteiger partial charge in [-0.25, -0.2) is 4.39 Å². The maximum absolute atomic E-state index is 13.1. The predicted octanol–water partition coefficient (Wildman–Crippen LogP) is 2.71. The molecule has 5 nitrogen and oxygen atoms in total. The highest BCUT2D eigenvalue weighted by Gasteiger charge is 2.14. The molecule has 0 aliphatic rings. The lowest BCUT2D eigenvalue weighted by molar-refractivity contribution is 0.102. The Morgan fingerprint density at radius 2 is 2.20 bits per heavy atom. The van der Waals surface area contributed by atoms with Gasteiger partial charge in [0.15, 0.2) is 0 Å². The van der Waals surface area contributed by atoms with E-state index in [1.807, 2.05) is 0 Å². The number of halogens is 1. The summed E-state index contributed by atoms with van der Waals surface area (Å²) < 4.78 is 13.1. The molecule has 1 amide bonds. The molecule has 1 heterocycles. The van der Waals surface area contributed by atoms with Crippen molar-refractivity contribution in [2.45, 2.75) is 20.3 Å². The number of rotatable bonds is 4. The fourth-order valence-electron chi connectivity index (χ4n) is 1.63. The second-order valence-corrected chi connectivity index (χ2v) is 5.85. The molecule has 3 N–H and O–H groups in total. The zero-order valence-electron chi connectivity index (χ0n) is 11.2. The first kappa shape index (κ1) is 14.4. The molecule has 0 saturated heterocycles. The summed E-state index contributed by atoms with van der Waals surface area (Å²) in [5.74, 6) is -0.540. The third-order valence-electron chi connectivity index (χ3n) is 2.53. The van der Waals surface area contributed by atoms with Gasteiger partial charge in [0.2, 0.25) is 5.13 Å². The normalized spacial score (nSPS) is 10.8. The van der Waals surface area contributed by atoms with Crippen LogP contribution in [0.3, 0.4) is 0 Å². The van der Waals surface area contributed by atoms with Gasteiger partial charge in [0.05, 0.1) is 5.56 Å². The van der Waals surface area contributed by atoms with E-state index >= 15 is 0 Å². The summed E-state index contributed by atoms with van der Waals surface area (Å²) >= 11 is 1.31. The highest BCUT2D eigenvalue weighted by atomic mass is 32.1. The first-order valence-electron chi connectivity index (χ1n) is 6.14. The molecule has 0 aliphatic heterocycles. The second-order valence-electron chi connectivity index (χ2n) is 4.78. The van der Waals surface area contributed by atoms with E-state index in [0.29, 0.717) is 11.0 Å². The third kappa shape index (κ3) is 3.51. The van der Waals surface area contributed by atoms with Gasteiger partial charge in [0.1, 0.15) is 10.8 Å². The lowest BCUT2D eigenvalue weighted by atomic mass is 10.1. The maximum Gasteiger partial charge on any atom is 0.259 e. The number of anilines is 2.